The van der Waals surface area contributed by atoms with E-state index in [1.54, 1.807) is 24.4 Å². The van der Waals surface area contributed by atoms with Crippen molar-refractivity contribution in [1.29, 1.82) is 0 Å². The Labute approximate surface area is 261 Å². The van der Waals surface area contributed by atoms with Crippen LogP contribution in [0.25, 0.3) is 0 Å². The van der Waals surface area contributed by atoms with Crippen molar-refractivity contribution in [3.05, 3.63) is 60.3 Å². The van der Waals surface area contributed by atoms with Gasteiger partial charge in [-0.15, -0.1) is 0 Å². The van der Waals surface area contributed by atoms with Crippen molar-refractivity contribution in [2.75, 3.05) is 47.5 Å². The predicted molar refractivity (Wildman–Crippen MR) is 176 cm³/mol. The number of anilines is 5. The van der Waals surface area contributed by atoms with E-state index in [9.17, 15) is 18.0 Å². The molecule has 10 nitrogen and oxygen atoms in total. The first-order valence-electron chi connectivity index (χ1n) is 15.2. The molecule has 0 aliphatic carbocycles. The highest BCUT2D eigenvalue weighted by molar-refractivity contribution is 7.91. The van der Waals surface area contributed by atoms with Gasteiger partial charge in [0.1, 0.15) is 11.6 Å². The summed E-state index contributed by atoms with van der Waals surface area (Å²) in [5.74, 6) is 1.25. The number of carbonyl (C=O) groups is 2. The minimum atomic E-state index is -3.43. The van der Waals surface area contributed by atoms with Crippen LogP contribution in [0.15, 0.2) is 59.6 Å². The number of nitrogens with one attached hydrogen (secondary N) is 2. The highest BCUT2D eigenvalue weighted by Crippen LogP contribution is 2.27. The third kappa shape index (κ3) is 9.25. The van der Waals surface area contributed by atoms with Crippen molar-refractivity contribution in [1.82, 2.24) is 14.9 Å². The molecule has 2 N–H and O–H groups in total. The fraction of sp³-hybridized carbons (Fsp3) is 0.455. The van der Waals surface area contributed by atoms with Crippen LogP contribution in [0, 0.1) is 12.3 Å². The Morgan fingerprint density at radius 3 is 2.27 bits per heavy atom. The molecule has 1 amide bonds. The number of hydrogen-bond donors (Lipinski definition) is 2. The highest BCUT2D eigenvalue weighted by atomic mass is 32.2. The SMILES string of the molecule is CCCC(=O)CCC(=O)N1CCN(c2ccc(Nc3ncc(C)c(Nc4cccc(S(=O)(=O)CC(C)(C)C)c4)n3)cc2)CC1. The summed E-state index contributed by atoms with van der Waals surface area (Å²) >= 11 is 0. The van der Waals surface area contributed by atoms with Gasteiger partial charge in [0.2, 0.25) is 11.9 Å². The quantitative estimate of drug-likeness (QED) is 0.255. The molecule has 1 aliphatic heterocycles. The number of sulfone groups is 1. The van der Waals surface area contributed by atoms with Crippen LogP contribution in [0.5, 0.6) is 0 Å². The normalized spacial score (nSPS) is 13.9. The molecule has 2 heterocycles. The van der Waals surface area contributed by atoms with Crippen molar-refractivity contribution in [2.45, 2.75) is 65.2 Å². The van der Waals surface area contributed by atoms with Gasteiger partial charge in [0, 0.05) is 74.3 Å². The molecule has 0 unspecified atom stereocenters. The van der Waals surface area contributed by atoms with Crippen LogP contribution >= 0.6 is 0 Å². The number of rotatable bonds is 12. The first kappa shape index (κ1) is 32.9. The maximum atomic E-state index is 12.9. The number of aryl methyl sites for hydroxylation is 1. The number of piperazine rings is 1. The van der Waals surface area contributed by atoms with E-state index in [1.165, 1.54) is 0 Å². The van der Waals surface area contributed by atoms with Crippen LogP contribution in [0.4, 0.5) is 28.8 Å². The summed E-state index contributed by atoms with van der Waals surface area (Å²) in [5, 5.41) is 6.50. The second-order valence-electron chi connectivity index (χ2n) is 12.5. The molecule has 11 heteroatoms. The number of amides is 1. The summed E-state index contributed by atoms with van der Waals surface area (Å²) < 4.78 is 25.8. The minimum absolute atomic E-state index is 0.0545. The lowest BCUT2D eigenvalue weighted by atomic mass is 10.0. The zero-order chi connectivity index (χ0) is 31.9. The van der Waals surface area contributed by atoms with Gasteiger partial charge in [-0.05, 0) is 61.2 Å². The zero-order valence-corrected chi connectivity index (χ0v) is 27.2. The molecule has 2 aromatic carbocycles. The van der Waals surface area contributed by atoms with Crippen LogP contribution in [0.2, 0.25) is 0 Å². The molecule has 44 heavy (non-hydrogen) atoms. The molecular weight excluding hydrogens is 576 g/mol. The molecular formula is C33H44N6O4S. The van der Waals surface area contributed by atoms with Crippen molar-refractivity contribution in [2.24, 2.45) is 5.41 Å². The highest BCUT2D eigenvalue weighted by Gasteiger charge is 2.24. The van der Waals surface area contributed by atoms with Crippen molar-refractivity contribution >= 4 is 50.4 Å². The molecule has 0 atom stereocenters. The second kappa shape index (κ2) is 14.2. The van der Waals surface area contributed by atoms with Gasteiger partial charge in [0.25, 0.3) is 0 Å². The van der Waals surface area contributed by atoms with Gasteiger partial charge >= 0.3 is 0 Å². The van der Waals surface area contributed by atoms with Crippen LogP contribution in [0.1, 0.15) is 58.9 Å². The Kier molecular flexibility index (Phi) is 10.6. The van der Waals surface area contributed by atoms with E-state index in [2.05, 4.69) is 25.5 Å². The Bertz CT molecular complexity index is 1560. The molecule has 0 saturated carbocycles. The third-order valence-corrected chi connectivity index (χ3v) is 9.54. The molecule has 1 saturated heterocycles. The van der Waals surface area contributed by atoms with Crippen LogP contribution in [-0.2, 0) is 19.4 Å². The average Bonchev–Trinajstić information content (AvgIpc) is 2.97. The van der Waals surface area contributed by atoms with Gasteiger partial charge < -0.3 is 20.4 Å². The van der Waals surface area contributed by atoms with E-state index in [1.807, 2.05) is 69.9 Å². The standard InChI is InChI=1S/C33H44N6O4S/c1-6-8-28(40)15-16-30(41)39-19-17-38(18-20-39)27-13-11-25(12-14-27)36-32-34-22-24(2)31(37-32)35-26-9-7-10-29(21-26)44(42,43)23-33(3,4)5/h7,9-14,21-22H,6,8,15-20,23H2,1-5H3,(H2,34,35,36,37). The summed E-state index contributed by atoms with van der Waals surface area (Å²) in [4.78, 5) is 37.7. The molecule has 236 valence electrons. The van der Waals surface area contributed by atoms with Crippen LogP contribution in [-0.4, -0.2) is 66.9 Å². The number of carbonyl (C=O) groups excluding carboxylic acids is 2. The van der Waals surface area contributed by atoms with E-state index in [0.29, 0.717) is 49.8 Å². The molecule has 1 aromatic heterocycles. The van der Waals surface area contributed by atoms with Crippen molar-refractivity contribution in [3.8, 4) is 0 Å². The molecule has 0 radical (unpaired) electrons. The Balaban J connectivity index is 1.35. The maximum absolute atomic E-state index is 12.9. The Morgan fingerprint density at radius 2 is 1.61 bits per heavy atom. The number of aromatic nitrogens is 2. The summed E-state index contributed by atoms with van der Waals surface area (Å²) in [6, 6.07) is 14.8. The van der Waals surface area contributed by atoms with Gasteiger partial charge in [0.05, 0.1) is 10.6 Å². The largest absolute Gasteiger partial charge is 0.368 e. The zero-order valence-electron chi connectivity index (χ0n) is 26.4. The second-order valence-corrected chi connectivity index (χ2v) is 14.5. The fourth-order valence-corrected chi connectivity index (χ4v) is 6.99. The van der Waals surface area contributed by atoms with Crippen molar-refractivity contribution in [3.63, 3.8) is 0 Å². The number of nitrogens with zero attached hydrogens (tertiary/aromatic N) is 4. The van der Waals surface area contributed by atoms with Crippen LogP contribution < -0.4 is 15.5 Å². The van der Waals surface area contributed by atoms with E-state index >= 15 is 0 Å². The Morgan fingerprint density at radius 1 is 0.909 bits per heavy atom. The first-order chi connectivity index (χ1) is 20.8. The van der Waals surface area contributed by atoms with E-state index < -0.39 is 9.84 Å². The summed E-state index contributed by atoms with van der Waals surface area (Å²) in [6.07, 6.45) is 3.70. The molecule has 3 aromatic rings. The average molecular weight is 621 g/mol. The fourth-order valence-electron chi connectivity index (χ4n) is 5.09. The van der Waals surface area contributed by atoms with E-state index in [-0.39, 0.29) is 27.8 Å². The summed E-state index contributed by atoms with van der Waals surface area (Å²) in [6.45, 7) is 12.3. The number of hydrogen-bond acceptors (Lipinski definition) is 9. The summed E-state index contributed by atoms with van der Waals surface area (Å²) in [7, 11) is -3.43. The van der Waals surface area contributed by atoms with Gasteiger partial charge in [-0.25, -0.2) is 13.4 Å². The van der Waals surface area contributed by atoms with Crippen LogP contribution in [0.3, 0.4) is 0 Å². The number of benzene rings is 2. The van der Waals surface area contributed by atoms with Crippen molar-refractivity contribution < 1.29 is 18.0 Å². The van der Waals surface area contributed by atoms with E-state index in [0.717, 1.165) is 36.4 Å². The molecule has 1 aliphatic rings. The Hall–Kier alpha value is -3.99. The summed E-state index contributed by atoms with van der Waals surface area (Å²) in [5.41, 5.74) is 2.98. The van der Waals surface area contributed by atoms with Gasteiger partial charge in [-0.3, -0.25) is 9.59 Å². The smallest absolute Gasteiger partial charge is 0.229 e. The number of ketones is 1. The van der Waals surface area contributed by atoms with Gasteiger partial charge in [-0.1, -0.05) is 33.8 Å². The molecule has 4 rings (SSSR count). The molecule has 0 bridgehead atoms. The van der Waals surface area contributed by atoms with Gasteiger partial charge in [0.15, 0.2) is 9.84 Å². The van der Waals surface area contributed by atoms with E-state index in [4.69, 9.17) is 0 Å². The number of Topliss-reactive ketones (excluding diaryl/α,β-unsaturated/α-hetero) is 1. The maximum Gasteiger partial charge on any atom is 0.229 e. The third-order valence-electron chi connectivity index (χ3n) is 7.32. The molecule has 0 spiro atoms. The van der Waals surface area contributed by atoms with Gasteiger partial charge in [-0.2, -0.15) is 4.98 Å². The lowest BCUT2D eigenvalue weighted by molar-refractivity contribution is -0.133. The molecule has 1 fully saturated rings. The first-order valence-corrected chi connectivity index (χ1v) is 16.8. The lowest BCUT2D eigenvalue weighted by Gasteiger charge is -2.36. The minimum Gasteiger partial charge on any atom is -0.368 e. The predicted octanol–water partition coefficient (Wildman–Crippen LogP) is 5.89. The lowest BCUT2D eigenvalue weighted by Crippen LogP contribution is -2.48. The topological polar surface area (TPSA) is 125 Å². The monoisotopic (exact) mass is 620 g/mol.